The minimum atomic E-state index is -0.178. The predicted octanol–water partition coefficient (Wildman–Crippen LogP) is 3.05. The number of amides is 1. The summed E-state index contributed by atoms with van der Waals surface area (Å²) in [6.07, 6.45) is 0.833. The van der Waals surface area contributed by atoms with Crippen molar-refractivity contribution < 1.29 is 9.53 Å². The number of rotatable bonds is 2. The molecule has 0 saturated carbocycles. The molecule has 4 nitrogen and oxygen atoms in total. The van der Waals surface area contributed by atoms with Gasteiger partial charge >= 0.3 is 0 Å². The summed E-state index contributed by atoms with van der Waals surface area (Å²) in [6.45, 7) is 2.57. The van der Waals surface area contributed by atoms with Crippen LogP contribution in [0.4, 0.5) is 5.69 Å². The minimum Gasteiger partial charge on any atom is -0.493 e. The van der Waals surface area contributed by atoms with Gasteiger partial charge in [0.05, 0.1) is 18.2 Å². The lowest BCUT2D eigenvalue weighted by Crippen LogP contribution is -2.13. The number of nitrogens with zero attached hydrogens (tertiary/aromatic N) is 1. The number of fused-ring (bicyclic) bond motifs is 1. The molecule has 0 unspecified atom stereocenters. The number of benzene rings is 2. The molecule has 1 amide bonds. The molecule has 0 spiro atoms. The second-order valence-corrected chi connectivity index (χ2v) is 5.02. The molecule has 1 aliphatic heterocycles. The molecule has 0 bridgehead atoms. The zero-order valence-corrected chi connectivity index (χ0v) is 11.6. The summed E-state index contributed by atoms with van der Waals surface area (Å²) in [5, 5.41) is 11.8. The van der Waals surface area contributed by atoms with E-state index in [2.05, 4.69) is 11.4 Å². The molecule has 104 valence electrons. The van der Waals surface area contributed by atoms with Gasteiger partial charge in [-0.3, -0.25) is 4.79 Å². The van der Waals surface area contributed by atoms with Crippen molar-refractivity contribution in [2.24, 2.45) is 0 Å². The Balaban J connectivity index is 1.85. The maximum Gasteiger partial charge on any atom is 0.255 e. The summed E-state index contributed by atoms with van der Waals surface area (Å²) in [4.78, 5) is 12.3. The fraction of sp³-hybridized carbons (Fsp3) is 0.176. The summed E-state index contributed by atoms with van der Waals surface area (Å²) in [5.41, 5.74) is 3.77. The van der Waals surface area contributed by atoms with Crippen molar-refractivity contribution in [3.63, 3.8) is 0 Å². The number of nitrogens with one attached hydrogen (secondary N) is 1. The van der Waals surface area contributed by atoms with Gasteiger partial charge in [0.25, 0.3) is 5.91 Å². The number of nitriles is 1. The number of hydrogen-bond donors (Lipinski definition) is 1. The van der Waals surface area contributed by atoms with Crippen LogP contribution in [0.3, 0.4) is 0 Å². The molecule has 0 atom stereocenters. The van der Waals surface area contributed by atoms with Gasteiger partial charge < -0.3 is 10.1 Å². The second-order valence-electron chi connectivity index (χ2n) is 5.02. The maximum atomic E-state index is 12.3. The Morgan fingerprint density at radius 3 is 2.95 bits per heavy atom. The molecular weight excluding hydrogens is 264 g/mol. The Morgan fingerprint density at radius 1 is 1.29 bits per heavy atom. The largest absolute Gasteiger partial charge is 0.493 e. The third-order valence-corrected chi connectivity index (χ3v) is 3.57. The van der Waals surface area contributed by atoms with Gasteiger partial charge in [-0.15, -0.1) is 0 Å². The Morgan fingerprint density at radius 2 is 2.14 bits per heavy atom. The molecule has 0 aromatic heterocycles. The van der Waals surface area contributed by atoms with E-state index in [4.69, 9.17) is 10.00 Å². The highest BCUT2D eigenvalue weighted by Crippen LogP contribution is 2.26. The quantitative estimate of drug-likeness (QED) is 0.918. The molecule has 0 radical (unpaired) electrons. The van der Waals surface area contributed by atoms with E-state index < -0.39 is 0 Å². The van der Waals surface area contributed by atoms with Crippen LogP contribution in [0.1, 0.15) is 27.0 Å². The van der Waals surface area contributed by atoms with Gasteiger partial charge in [0.2, 0.25) is 0 Å². The lowest BCUT2D eigenvalue weighted by atomic mass is 10.1. The van der Waals surface area contributed by atoms with E-state index in [1.165, 1.54) is 0 Å². The van der Waals surface area contributed by atoms with Crippen molar-refractivity contribution in [1.29, 1.82) is 5.26 Å². The smallest absolute Gasteiger partial charge is 0.255 e. The number of aryl methyl sites for hydroxylation is 1. The average molecular weight is 278 g/mol. The van der Waals surface area contributed by atoms with Gasteiger partial charge in [-0.25, -0.2) is 0 Å². The molecule has 2 aromatic carbocycles. The molecule has 21 heavy (non-hydrogen) atoms. The first-order chi connectivity index (χ1) is 10.2. The highest BCUT2D eigenvalue weighted by Gasteiger charge is 2.15. The van der Waals surface area contributed by atoms with Gasteiger partial charge in [0.1, 0.15) is 5.75 Å². The first-order valence-corrected chi connectivity index (χ1v) is 6.75. The number of hydrogen-bond acceptors (Lipinski definition) is 3. The lowest BCUT2D eigenvalue weighted by Gasteiger charge is -2.09. The molecule has 2 aromatic rings. The van der Waals surface area contributed by atoms with Gasteiger partial charge in [-0.1, -0.05) is 6.07 Å². The zero-order valence-electron chi connectivity index (χ0n) is 11.6. The standard InChI is InChI=1S/C17H14N2O2/c1-11-2-3-12(10-18)8-15(11)19-17(20)14-4-5-16-13(9-14)6-7-21-16/h2-5,8-9H,6-7H2,1H3,(H,19,20). The average Bonchev–Trinajstić information content (AvgIpc) is 2.96. The minimum absolute atomic E-state index is 0.178. The molecule has 3 rings (SSSR count). The van der Waals surface area contributed by atoms with Crippen LogP contribution < -0.4 is 10.1 Å². The van der Waals surface area contributed by atoms with Crippen LogP contribution in [0.25, 0.3) is 0 Å². The van der Waals surface area contributed by atoms with Gasteiger partial charge in [0, 0.05) is 17.7 Å². The molecule has 0 fully saturated rings. The number of carbonyl (C=O) groups excluding carboxylic acids is 1. The van der Waals surface area contributed by atoms with E-state index in [0.717, 1.165) is 23.3 Å². The van der Waals surface area contributed by atoms with Gasteiger partial charge in [-0.05, 0) is 48.4 Å². The van der Waals surface area contributed by atoms with Crippen molar-refractivity contribution in [2.45, 2.75) is 13.3 Å². The van der Waals surface area contributed by atoms with Crippen molar-refractivity contribution in [3.8, 4) is 11.8 Å². The lowest BCUT2D eigenvalue weighted by molar-refractivity contribution is 0.102. The molecule has 1 N–H and O–H groups in total. The van der Waals surface area contributed by atoms with E-state index in [1.54, 1.807) is 18.2 Å². The Labute approximate surface area is 123 Å². The highest BCUT2D eigenvalue weighted by molar-refractivity contribution is 6.05. The predicted molar refractivity (Wildman–Crippen MR) is 79.5 cm³/mol. The molecular formula is C17H14N2O2. The van der Waals surface area contributed by atoms with E-state index in [0.29, 0.717) is 23.4 Å². The van der Waals surface area contributed by atoms with E-state index in [1.807, 2.05) is 25.1 Å². The van der Waals surface area contributed by atoms with E-state index >= 15 is 0 Å². The number of anilines is 1. The molecule has 0 aliphatic carbocycles. The van der Waals surface area contributed by atoms with Crippen molar-refractivity contribution in [1.82, 2.24) is 0 Å². The fourth-order valence-electron chi connectivity index (χ4n) is 2.35. The van der Waals surface area contributed by atoms with Crippen LogP contribution in [0.5, 0.6) is 5.75 Å². The molecule has 4 heteroatoms. The van der Waals surface area contributed by atoms with E-state index in [-0.39, 0.29) is 5.91 Å². The van der Waals surface area contributed by atoms with E-state index in [9.17, 15) is 4.79 Å². The maximum absolute atomic E-state index is 12.3. The summed E-state index contributed by atoms with van der Waals surface area (Å²) in [5.74, 6) is 0.678. The van der Waals surface area contributed by atoms with Crippen LogP contribution in [0, 0.1) is 18.3 Å². The number of carbonyl (C=O) groups is 1. The van der Waals surface area contributed by atoms with Gasteiger partial charge in [-0.2, -0.15) is 5.26 Å². The van der Waals surface area contributed by atoms with Gasteiger partial charge in [0.15, 0.2) is 0 Å². The first-order valence-electron chi connectivity index (χ1n) is 6.75. The van der Waals surface area contributed by atoms with Crippen molar-refractivity contribution in [3.05, 3.63) is 58.7 Å². The second kappa shape index (κ2) is 5.29. The number of ether oxygens (including phenoxy) is 1. The summed E-state index contributed by atoms with van der Waals surface area (Å²) in [6, 6.07) is 12.8. The van der Waals surface area contributed by atoms with Crippen molar-refractivity contribution in [2.75, 3.05) is 11.9 Å². The third-order valence-electron chi connectivity index (χ3n) is 3.57. The topological polar surface area (TPSA) is 62.1 Å². The first kappa shape index (κ1) is 13.2. The molecule has 0 saturated heterocycles. The highest BCUT2D eigenvalue weighted by atomic mass is 16.5. The Bertz CT molecular complexity index is 760. The van der Waals surface area contributed by atoms with Crippen molar-refractivity contribution >= 4 is 11.6 Å². The summed E-state index contributed by atoms with van der Waals surface area (Å²) >= 11 is 0. The SMILES string of the molecule is Cc1ccc(C#N)cc1NC(=O)c1ccc2c(c1)CCO2. The van der Waals surface area contributed by atoms with Crippen LogP contribution in [0.2, 0.25) is 0 Å². The molecule has 1 heterocycles. The third kappa shape index (κ3) is 2.59. The molecule has 1 aliphatic rings. The Hall–Kier alpha value is -2.80. The van der Waals surface area contributed by atoms with Crippen LogP contribution >= 0.6 is 0 Å². The van der Waals surface area contributed by atoms with Crippen LogP contribution in [-0.2, 0) is 6.42 Å². The Kier molecular flexibility index (Phi) is 3.33. The zero-order chi connectivity index (χ0) is 14.8. The normalized spacial score (nSPS) is 12.2. The summed E-state index contributed by atoms with van der Waals surface area (Å²) < 4.78 is 5.43. The summed E-state index contributed by atoms with van der Waals surface area (Å²) in [7, 11) is 0. The van der Waals surface area contributed by atoms with Crippen LogP contribution in [-0.4, -0.2) is 12.5 Å². The van der Waals surface area contributed by atoms with Crippen LogP contribution in [0.15, 0.2) is 36.4 Å². The monoisotopic (exact) mass is 278 g/mol. The fourth-order valence-corrected chi connectivity index (χ4v) is 2.35.